The molecule has 0 saturated carbocycles. The number of piperazine rings is 1. The number of rotatable bonds is 5. The highest BCUT2D eigenvalue weighted by Gasteiger charge is 2.19. The van der Waals surface area contributed by atoms with E-state index in [1.54, 1.807) is 19.4 Å². The Balaban J connectivity index is 1.39. The van der Waals surface area contributed by atoms with Crippen molar-refractivity contribution in [2.75, 3.05) is 48.4 Å². The third-order valence-corrected chi connectivity index (χ3v) is 4.46. The molecule has 0 atom stereocenters. The fraction of sp³-hybridized carbons (Fsp3) is 0.333. The van der Waals surface area contributed by atoms with Crippen LogP contribution in [0.15, 0.2) is 41.1 Å². The summed E-state index contributed by atoms with van der Waals surface area (Å²) in [6, 6.07) is 9.92. The van der Waals surface area contributed by atoms with Gasteiger partial charge in [0.2, 0.25) is 5.95 Å². The van der Waals surface area contributed by atoms with Gasteiger partial charge in [-0.3, -0.25) is 0 Å². The summed E-state index contributed by atoms with van der Waals surface area (Å²) in [5, 5.41) is 15.0. The number of hydrogen-bond donors (Lipinski definition) is 1. The molecule has 0 spiro atoms. The highest BCUT2D eigenvalue weighted by Crippen LogP contribution is 2.22. The van der Waals surface area contributed by atoms with Gasteiger partial charge >= 0.3 is 0 Å². The number of ether oxygens (including phenoxy) is 1. The summed E-state index contributed by atoms with van der Waals surface area (Å²) in [5.74, 6) is 3.35. The summed E-state index contributed by atoms with van der Waals surface area (Å²) in [4.78, 5) is 9.10. The van der Waals surface area contributed by atoms with Gasteiger partial charge < -0.3 is 24.4 Å². The highest BCUT2D eigenvalue weighted by molar-refractivity contribution is 5.53. The Morgan fingerprint density at radius 2 is 1.81 bits per heavy atom. The molecule has 3 heterocycles. The summed E-state index contributed by atoms with van der Waals surface area (Å²) in [5.41, 5.74) is 1.19. The summed E-state index contributed by atoms with van der Waals surface area (Å²) in [6.07, 6.45) is 1.68. The number of aromatic nitrogens is 4. The topological polar surface area (TPSA) is 92.4 Å². The van der Waals surface area contributed by atoms with Crippen LogP contribution >= 0.6 is 0 Å². The molecule has 1 fully saturated rings. The molecule has 0 bridgehead atoms. The maximum Gasteiger partial charge on any atom is 0.250 e. The molecule has 140 valence electrons. The number of anilines is 4. The normalized spacial score (nSPS) is 14.3. The predicted octanol–water partition coefficient (Wildman–Crippen LogP) is 2.25. The van der Waals surface area contributed by atoms with E-state index in [-0.39, 0.29) is 0 Å². The number of nitrogens with zero attached hydrogens (tertiary/aromatic N) is 6. The van der Waals surface area contributed by atoms with E-state index in [4.69, 9.17) is 9.26 Å². The van der Waals surface area contributed by atoms with Crippen molar-refractivity contribution in [2.45, 2.75) is 6.92 Å². The van der Waals surface area contributed by atoms with Gasteiger partial charge in [-0.2, -0.15) is 10.1 Å². The molecular formula is C18H21N7O2. The Morgan fingerprint density at radius 3 is 2.48 bits per heavy atom. The van der Waals surface area contributed by atoms with Crippen molar-refractivity contribution >= 4 is 23.3 Å². The van der Waals surface area contributed by atoms with Gasteiger partial charge in [-0.15, -0.1) is 5.10 Å². The SMILES string of the molecule is COc1ccc(N2CCN(c3cnnc(Nc4cc(C)on4)n3)CC2)cc1. The standard InChI is InChI=1S/C18H21N7O2/c1-13-11-16(23-27-13)20-18-21-17(12-19-22-18)25-9-7-24(8-10-25)14-3-5-15(26-2)6-4-14/h3-6,11-12H,7-10H2,1-2H3,(H,20,21,22,23). The molecule has 9 nitrogen and oxygen atoms in total. The van der Waals surface area contributed by atoms with Crippen LogP contribution in [0.25, 0.3) is 0 Å². The monoisotopic (exact) mass is 367 g/mol. The molecule has 1 aliphatic rings. The Bertz CT molecular complexity index is 889. The molecule has 0 radical (unpaired) electrons. The highest BCUT2D eigenvalue weighted by atomic mass is 16.5. The first-order valence-corrected chi connectivity index (χ1v) is 8.75. The van der Waals surface area contributed by atoms with Crippen LogP contribution in [0.5, 0.6) is 5.75 Å². The summed E-state index contributed by atoms with van der Waals surface area (Å²) in [7, 11) is 1.68. The minimum atomic E-state index is 0.401. The Labute approximate surface area is 157 Å². The zero-order valence-corrected chi connectivity index (χ0v) is 15.3. The second-order valence-electron chi connectivity index (χ2n) is 6.26. The summed E-state index contributed by atoms with van der Waals surface area (Å²) in [6.45, 7) is 5.35. The van der Waals surface area contributed by atoms with Gasteiger partial charge in [-0.1, -0.05) is 5.16 Å². The number of hydrogen-bond acceptors (Lipinski definition) is 9. The van der Waals surface area contributed by atoms with Gasteiger partial charge in [0.15, 0.2) is 11.6 Å². The van der Waals surface area contributed by atoms with Crippen LogP contribution in [-0.2, 0) is 0 Å². The quantitative estimate of drug-likeness (QED) is 0.729. The van der Waals surface area contributed by atoms with Crippen LogP contribution in [0, 0.1) is 6.92 Å². The largest absolute Gasteiger partial charge is 0.497 e. The van der Waals surface area contributed by atoms with E-state index >= 15 is 0 Å². The first-order valence-electron chi connectivity index (χ1n) is 8.75. The van der Waals surface area contributed by atoms with Gasteiger partial charge in [0.05, 0.1) is 13.3 Å². The van der Waals surface area contributed by atoms with Crippen LogP contribution in [0.2, 0.25) is 0 Å². The fourth-order valence-electron chi connectivity index (χ4n) is 3.03. The lowest BCUT2D eigenvalue weighted by Gasteiger charge is -2.36. The Morgan fingerprint density at radius 1 is 1.07 bits per heavy atom. The minimum absolute atomic E-state index is 0.401. The number of benzene rings is 1. The van der Waals surface area contributed by atoms with Crippen molar-refractivity contribution in [1.82, 2.24) is 20.3 Å². The lowest BCUT2D eigenvalue weighted by molar-refractivity contribution is 0.400. The van der Waals surface area contributed by atoms with Crippen molar-refractivity contribution in [2.24, 2.45) is 0 Å². The zero-order chi connectivity index (χ0) is 18.6. The van der Waals surface area contributed by atoms with Crippen molar-refractivity contribution in [3.8, 4) is 5.75 Å². The van der Waals surface area contributed by atoms with Crippen LogP contribution in [-0.4, -0.2) is 53.6 Å². The molecule has 2 aromatic heterocycles. The summed E-state index contributed by atoms with van der Waals surface area (Å²) >= 11 is 0. The average molecular weight is 367 g/mol. The van der Waals surface area contributed by atoms with Crippen molar-refractivity contribution < 1.29 is 9.26 Å². The Hall–Kier alpha value is -3.36. The molecule has 0 aliphatic carbocycles. The molecule has 0 amide bonds. The lowest BCUT2D eigenvalue weighted by atomic mass is 10.2. The summed E-state index contributed by atoms with van der Waals surface area (Å²) < 4.78 is 10.3. The van der Waals surface area contributed by atoms with E-state index in [9.17, 15) is 0 Å². The van der Waals surface area contributed by atoms with E-state index < -0.39 is 0 Å². The first-order chi connectivity index (χ1) is 13.2. The smallest absolute Gasteiger partial charge is 0.250 e. The van der Waals surface area contributed by atoms with Gasteiger partial charge in [0.1, 0.15) is 11.5 Å². The molecule has 4 rings (SSSR count). The third-order valence-electron chi connectivity index (χ3n) is 4.46. The molecular weight excluding hydrogens is 346 g/mol. The maximum atomic E-state index is 5.22. The molecule has 27 heavy (non-hydrogen) atoms. The fourth-order valence-corrected chi connectivity index (χ4v) is 3.03. The van der Waals surface area contributed by atoms with Crippen molar-refractivity contribution in [1.29, 1.82) is 0 Å². The molecule has 0 unspecified atom stereocenters. The van der Waals surface area contributed by atoms with Gasteiger partial charge in [0, 0.05) is 37.9 Å². The van der Waals surface area contributed by atoms with Gasteiger partial charge in [-0.05, 0) is 31.2 Å². The molecule has 1 aliphatic heterocycles. The van der Waals surface area contributed by atoms with E-state index in [1.807, 2.05) is 19.1 Å². The zero-order valence-electron chi connectivity index (χ0n) is 15.3. The van der Waals surface area contributed by atoms with E-state index in [1.165, 1.54) is 5.69 Å². The molecule has 3 aromatic rings. The van der Waals surface area contributed by atoms with E-state index in [0.717, 1.165) is 43.5 Å². The maximum absolute atomic E-state index is 5.22. The number of methoxy groups -OCH3 is 1. The second-order valence-corrected chi connectivity index (χ2v) is 6.26. The van der Waals surface area contributed by atoms with Gasteiger partial charge in [0.25, 0.3) is 0 Å². The number of aryl methyl sites for hydroxylation is 1. The van der Waals surface area contributed by atoms with Crippen LogP contribution in [0.4, 0.5) is 23.3 Å². The van der Waals surface area contributed by atoms with Crippen LogP contribution < -0.4 is 19.9 Å². The van der Waals surface area contributed by atoms with Crippen molar-refractivity contribution in [3.63, 3.8) is 0 Å². The van der Waals surface area contributed by atoms with Crippen LogP contribution in [0.1, 0.15) is 5.76 Å². The number of nitrogens with one attached hydrogen (secondary N) is 1. The van der Waals surface area contributed by atoms with Gasteiger partial charge in [-0.25, -0.2) is 0 Å². The minimum Gasteiger partial charge on any atom is -0.497 e. The lowest BCUT2D eigenvalue weighted by Crippen LogP contribution is -2.46. The van der Waals surface area contributed by atoms with E-state index in [0.29, 0.717) is 11.8 Å². The second kappa shape index (κ2) is 7.48. The van der Waals surface area contributed by atoms with E-state index in [2.05, 4.69) is 47.6 Å². The molecule has 1 N–H and O–H groups in total. The molecule has 1 saturated heterocycles. The molecule has 9 heteroatoms. The molecule has 1 aromatic carbocycles. The van der Waals surface area contributed by atoms with Crippen molar-refractivity contribution in [3.05, 3.63) is 42.3 Å². The predicted molar refractivity (Wildman–Crippen MR) is 102 cm³/mol. The average Bonchev–Trinajstić information content (AvgIpc) is 3.13. The third kappa shape index (κ3) is 3.91. The van der Waals surface area contributed by atoms with Crippen LogP contribution in [0.3, 0.4) is 0 Å². The first kappa shape index (κ1) is 17.1. The Kier molecular flexibility index (Phi) is 4.73.